The molecule has 0 saturated carbocycles. The summed E-state index contributed by atoms with van der Waals surface area (Å²) in [6.45, 7) is 5.63. The van der Waals surface area contributed by atoms with Crippen molar-refractivity contribution < 1.29 is 14.7 Å². The highest BCUT2D eigenvalue weighted by Crippen LogP contribution is 2.51. The fraction of sp³-hybridized carbons (Fsp3) is 0.467. The largest absolute Gasteiger partial charge is 0.480 e. The topological polar surface area (TPSA) is 54.4 Å². The lowest BCUT2D eigenvalue weighted by molar-refractivity contribution is -0.148. The summed E-state index contributed by atoms with van der Waals surface area (Å²) >= 11 is 0. The van der Waals surface area contributed by atoms with Gasteiger partial charge in [0, 0.05) is 0 Å². The third kappa shape index (κ3) is 1.57. The number of carboxylic acids is 1. The molecule has 0 spiro atoms. The van der Waals surface area contributed by atoms with Crippen molar-refractivity contribution in [2.45, 2.75) is 33.6 Å². The van der Waals surface area contributed by atoms with E-state index in [1.807, 2.05) is 6.08 Å². The molecule has 2 bridgehead atoms. The van der Waals surface area contributed by atoms with E-state index in [0.29, 0.717) is 17.1 Å². The lowest BCUT2D eigenvalue weighted by Crippen LogP contribution is -2.37. The molecular formula is C15H18O3. The number of Topliss-reactive ketones (excluding diaryl/α,β-unsaturated/α-hetero) is 1. The Bertz CT molecular complexity index is 490. The highest BCUT2D eigenvalue weighted by molar-refractivity contribution is 6.12. The Kier molecular flexibility index (Phi) is 3.01. The Morgan fingerprint density at radius 1 is 1.33 bits per heavy atom. The summed E-state index contributed by atoms with van der Waals surface area (Å²) in [5.41, 5.74) is 0.903. The molecule has 1 N–H and O–H groups in total. The normalized spacial score (nSPS) is 25.0. The van der Waals surface area contributed by atoms with Crippen LogP contribution in [0.2, 0.25) is 0 Å². The van der Waals surface area contributed by atoms with Crippen molar-refractivity contribution in [3.8, 4) is 0 Å². The smallest absolute Gasteiger partial charge is 0.326 e. The zero-order valence-electron chi connectivity index (χ0n) is 11.0. The predicted octanol–water partition coefficient (Wildman–Crippen LogP) is 2.89. The molecule has 2 aliphatic carbocycles. The summed E-state index contributed by atoms with van der Waals surface area (Å²) in [6, 6.07) is 0. The van der Waals surface area contributed by atoms with Gasteiger partial charge in [-0.3, -0.25) is 9.59 Å². The summed E-state index contributed by atoms with van der Waals surface area (Å²) in [4.78, 5) is 23.4. The van der Waals surface area contributed by atoms with Gasteiger partial charge >= 0.3 is 5.97 Å². The Hall–Kier alpha value is -1.64. The van der Waals surface area contributed by atoms with Gasteiger partial charge in [-0.15, -0.1) is 0 Å². The maximum Gasteiger partial charge on any atom is 0.326 e. The minimum absolute atomic E-state index is 0.305. The van der Waals surface area contributed by atoms with Crippen molar-refractivity contribution in [1.82, 2.24) is 0 Å². The van der Waals surface area contributed by atoms with E-state index in [2.05, 4.69) is 13.8 Å². The molecule has 0 aromatic heterocycles. The molecule has 0 saturated heterocycles. The quantitative estimate of drug-likeness (QED) is 0.759. The molecule has 2 aliphatic rings. The standard InChI is InChI=1S/C15H18O3/c1-9(2)4-5-11-8-12-6-7-13(11)15(12,10(3)16)14(17)18/h6-9H,4-5H2,1-3H3,(H,17,18). The van der Waals surface area contributed by atoms with E-state index in [1.54, 1.807) is 12.2 Å². The molecule has 0 heterocycles. The van der Waals surface area contributed by atoms with Crippen LogP contribution in [0.15, 0.2) is 34.9 Å². The number of carbonyl (C=O) groups is 2. The molecule has 2 rings (SSSR count). The lowest BCUT2D eigenvalue weighted by atomic mass is 9.77. The highest BCUT2D eigenvalue weighted by atomic mass is 16.4. The van der Waals surface area contributed by atoms with Crippen molar-refractivity contribution in [3.63, 3.8) is 0 Å². The number of aliphatic carboxylic acids is 1. The van der Waals surface area contributed by atoms with Gasteiger partial charge in [-0.05, 0) is 42.4 Å². The van der Waals surface area contributed by atoms with E-state index in [0.717, 1.165) is 18.4 Å². The summed E-state index contributed by atoms with van der Waals surface area (Å²) in [7, 11) is 0. The number of hydrogen-bond acceptors (Lipinski definition) is 2. The van der Waals surface area contributed by atoms with Crippen molar-refractivity contribution >= 4 is 11.8 Å². The number of ketones is 1. The lowest BCUT2D eigenvalue weighted by Gasteiger charge is -2.22. The Morgan fingerprint density at radius 3 is 2.44 bits per heavy atom. The Balaban J connectivity index is 2.41. The van der Waals surface area contributed by atoms with Crippen LogP contribution in [-0.2, 0) is 9.59 Å². The van der Waals surface area contributed by atoms with E-state index < -0.39 is 11.4 Å². The number of hydrogen-bond donors (Lipinski definition) is 1. The molecule has 3 heteroatoms. The molecule has 0 fully saturated rings. The molecular weight excluding hydrogens is 228 g/mol. The second kappa shape index (κ2) is 4.23. The molecule has 1 atom stereocenters. The van der Waals surface area contributed by atoms with Gasteiger partial charge in [0.1, 0.15) is 0 Å². The van der Waals surface area contributed by atoms with Gasteiger partial charge in [-0.2, -0.15) is 0 Å². The maximum atomic E-state index is 11.9. The molecule has 18 heavy (non-hydrogen) atoms. The summed E-state index contributed by atoms with van der Waals surface area (Å²) < 4.78 is 0. The van der Waals surface area contributed by atoms with E-state index in [4.69, 9.17) is 0 Å². The van der Waals surface area contributed by atoms with Gasteiger partial charge in [-0.25, -0.2) is 0 Å². The van der Waals surface area contributed by atoms with Crippen LogP contribution in [0.5, 0.6) is 0 Å². The fourth-order valence-corrected chi connectivity index (χ4v) is 2.78. The monoisotopic (exact) mass is 246 g/mol. The van der Waals surface area contributed by atoms with Crippen LogP contribution in [0.3, 0.4) is 0 Å². The van der Waals surface area contributed by atoms with Crippen molar-refractivity contribution in [1.29, 1.82) is 0 Å². The maximum absolute atomic E-state index is 11.9. The van der Waals surface area contributed by atoms with Crippen LogP contribution >= 0.6 is 0 Å². The summed E-state index contributed by atoms with van der Waals surface area (Å²) in [6.07, 6.45) is 7.27. The number of carboxylic acid groups (broad SMARTS) is 1. The van der Waals surface area contributed by atoms with Gasteiger partial charge in [0.15, 0.2) is 11.2 Å². The predicted molar refractivity (Wildman–Crippen MR) is 69.1 cm³/mol. The number of fused-ring (bicyclic) bond motifs is 2. The minimum Gasteiger partial charge on any atom is -0.480 e. The third-order valence-corrected chi connectivity index (χ3v) is 3.78. The van der Waals surface area contributed by atoms with E-state index in [1.165, 1.54) is 6.92 Å². The highest BCUT2D eigenvalue weighted by Gasteiger charge is 2.54. The zero-order valence-corrected chi connectivity index (χ0v) is 11.0. The first-order valence-corrected chi connectivity index (χ1v) is 6.29. The van der Waals surface area contributed by atoms with E-state index >= 15 is 0 Å². The molecule has 0 aromatic rings. The van der Waals surface area contributed by atoms with Gasteiger partial charge < -0.3 is 5.11 Å². The Morgan fingerprint density at radius 2 is 2.00 bits per heavy atom. The molecule has 96 valence electrons. The van der Waals surface area contributed by atoms with Crippen LogP contribution in [-0.4, -0.2) is 16.9 Å². The van der Waals surface area contributed by atoms with E-state index in [-0.39, 0.29) is 5.78 Å². The minimum atomic E-state index is -1.41. The van der Waals surface area contributed by atoms with Crippen LogP contribution in [0.25, 0.3) is 0 Å². The van der Waals surface area contributed by atoms with Crippen molar-refractivity contribution in [2.75, 3.05) is 0 Å². The van der Waals surface area contributed by atoms with E-state index in [9.17, 15) is 14.7 Å². The first kappa shape index (κ1) is 12.8. The number of carbonyl (C=O) groups excluding carboxylic acids is 1. The average molecular weight is 246 g/mol. The molecule has 0 aliphatic heterocycles. The number of allylic oxidation sites excluding steroid dienone is 4. The van der Waals surface area contributed by atoms with Gasteiger partial charge in [0.2, 0.25) is 0 Å². The fourth-order valence-electron chi connectivity index (χ4n) is 2.78. The van der Waals surface area contributed by atoms with Gasteiger partial charge in [0.05, 0.1) is 0 Å². The first-order chi connectivity index (χ1) is 8.40. The van der Waals surface area contributed by atoms with Gasteiger partial charge in [-0.1, -0.05) is 32.1 Å². The molecule has 1 unspecified atom stereocenters. The second-order valence-corrected chi connectivity index (χ2v) is 5.42. The second-order valence-electron chi connectivity index (χ2n) is 5.42. The SMILES string of the molecule is CC(=O)C1(C(=O)O)C2=CC(CCC(C)C)=C1C=C2. The third-order valence-electron chi connectivity index (χ3n) is 3.78. The number of rotatable bonds is 5. The molecule has 3 nitrogen and oxygen atoms in total. The Labute approximate surface area is 107 Å². The van der Waals surface area contributed by atoms with Crippen LogP contribution < -0.4 is 0 Å². The first-order valence-electron chi connectivity index (χ1n) is 6.29. The van der Waals surface area contributed by atoms with Crippen molar-refractivity contribution in [2.24, 2.45) is 11.3 Å². The van der Waals surface area contributed by atoms with Gasteiger partial charge in [0.25, 0.3) is 0 Å². The summed E-state index contributed by atoms with van der Waals surface area (Å²) in [5.74, 6) is -0.794. The molecule has 0 amide bonds. The van der Waals surface area contributed by atoms with Crippen LogP contribution in [0.4, 0.5) is 0 Å². The molecule has 0 radical (unpaired) electrons. The molecule has 0 aromatic carbocycles. The van der Waals surface area contributed by atoms with Crippen LogP contribution in [0.1, 0.15) is 33.6 Å². The summed E-state index contributed by atoms with van der Waals surface area (Å²) in [5, 5.41) is 9.47. The average Bonchev–Trinajstić information content (AvgIpc) is 2.79. The van der Waals surface area contributed by atoms with Crippen LogP contribution in [0, 0.1) is 11.3 Å². The van der Waals surface area contributed by atoms with Crippen molar-refractivity contribution in [3.05, 3.63) is 34.9 Å². The zero-order chi connectivity index (χ0) is 13.5.